The molecule has 1 atom stereocenters. The molecular formula is C16H23N5OS. The van der Waals surface area contributed by atoms with Gasteiger partial charge in [-0.1, -0.05) is 19.8 Å². The fourth-order valence-corrected chi connectivity index (χ4v) is 3.59. The second kappa shape index (κ2) is 7.59. The molecule has 1 aliphatic rings. The van der Waals surface area contributed by atoms with E-state index in [1.54, 1.807) is 17.5 Å². The van der Waals surface area contributed by atoms with Crippen molar-refractivity contribution in [2.45, 2.75) is 51.1 Å². The Labute approximate surface area is 140 Å². The summed E-state index contributed by atoms with van der Waals surface area (Å²) in [6, 6.07) is 2.36. The van der Waals surface area contributed by atoms with Crippen molar-refractivity contribution in [2.24, 2.45) is 0 Å². The van der Waals surface area contributed by atoms with Crippen LogP contribution in [0.15, 0.2) is 23.8 Å². The van der Waals surface area contributed by atoms with Gasteiger partial charge in [0.2, 0.25) is 0 Å². The fraction of sp³-hybridized carbons (Fsp3) is 0.562. The number of carbonyl (C=O) groups excluding carboxylic acids is 1. The van der Waals surface area contributed by atoms with Crippen molar-refractivity contribution in [1.29, 1.82) is 0 Å². The molecule has 23 heavy (non-hydrogen) atoms. The predicted octanol–water partition coefficient (Wildman–Crippen LogP) is 3.06. The third-order valence-electron chi connectivity index (χ3n) is 4.23. The molecule has 0 radical (unpaired) electrons. The van der Waals surface area contributed by atoms with E-state index in [0.717, 1.165) is 10.7 Å². The largest absolute Gasteiger partial charge is 0.337 e. The van der Waals surface area contributed by atoms with Crippen LogP contribution in [0.4, 0.5) is 4.79 Å². The van der Waals surface area contributed by atoms with Crippen LogP contribution in [0.2, 0.25) is 0 Å². The van der Waals surface area contributed by atoms with Crippen molar-refractivity contribution in [2.75, 3.05) is 6.54 Å². The average molecular weight is 333 g/mol. The Morgan fingerprint density at radius 2 is 2.26 bits per heavy atom. The third kappa shape index (κ3) is 4.31. The van der Waals surface area contributed by atoms with Crippen LogP contribution in [0.3, 0.4) is 0 Å². The van der Waals surface area contributed by atoms with Crippen molar-refractivity contribution >= 4 is 17.4 Å². The molecule has 2 N–H and O–H groups in total. The number of hydrogen-bond acceptors (Lipinski definition) is 4. The summed E-state index contributed by atoms with van der Waals surface area (Å²) in [7, 11) is 0. The Balaban J connectivity index is 1.40. The lowest BCUT2D eigenvalue weighted by Gasteiger charge is -2.11. The lowest BCUT2D eigenvalue weighted by Crippen LogP contribution is -2.37. The standard InChI is InChI=1S/C16H23N5OS/c1-12(15-17-7-9-23-15)10-18-16(22)19-11-13-6-8-21(20-13)14-4-2-3-5-14/h6-9,12,14H,2-5,10-11H2,1H3,(H2,18,19,22). The van der Waals surface area contributed by atoms with E-state index < -0.39 is 0 Å². The quantitative estimate of drug-likeness (QED) is 0.853. The van der Waals surface area contributed by atoms with Crippen LogP contribution in [0.25, 0.3) is 0 Å². The van der Waals surface area contributed by atoms with Gasteiger partial charge in [0.1, 0.15) is 0 Å². The number of amides is 2. The van der Waals surface area contributed by atoms with Gasteiger partial charge in [-0.2, -0.15) is 5.10 Å². The summed E-state index contributed by atoms with van der Waals surface area (Å²) in [5, 5.41) is 13.3. The maximum atomic E-state index is 11.9. The summed E-state index contributed by atoms with van der Waals surface area (Å²) in [6.45, 7) is 3.09. The van der Waals surface area contributed by atoms with Crippen molar-refractivity contribution in [3.05, 3.63) is 34.5 Å². The van der Waals surface area contributed by atoms with Gasteiger partial charge in [0.15, 0.2) is 0 Å². The smallest absolute Gasteiger partial charge is 0.315 e. The molecule has 0 aliphatic heterocycles. The first-order valence-electron chi connectivity index (χ1n) is 8.17. The summed E-state index contributed by atoms with van der Waals surface area (Å²) in [6.07, 6.45) is 8.82. The van der Waals surface area contributed by atoms with Crippen molar-refractivity contribution < 1.29 is 4.79 Å². The summed E-state index contributed by atoms with van der Waals surface area (Å²) in [4.78, 5) is 16.1. The first-order chi connectivity index (χ1) is 11.2. The maximum Gasteiger partial charge on any atom is 0.315 e. The minimum absolute atomic E-state index is 0.163. The van der Waals surface area contributed by atoms with E-state index in [2.05, 4.69) is 27.6 Å². The molecule has 0 spiro atoms. The first-order valence-corrected chi connectivity index (χ1v) is 9.05. The summed E-state index contributed by atoms with van der Waals surface area (Å²) in [5.41, 5.74) is 0.903. The predicted molar refractivity (Wildman–Crippen MR) is 90.5 cm³/mol. The average Bonchev–Trinajstić information content (AvgIpc) is 3.32. The molecular weight excluding hydrogens is 310 g/mol. The van der Waals surface area contributed by atoms with Gasteiger partial charge in [-0.25, -0.2) is 9.78 Å². The molecule has 7 heteroatoms. The number of hydrogen-bond donors (Lipinski definition) is 2. The van der Waals surface area contributed by atoms with E-state index in [9.17, 15) is 4.79 Å². The molecule has 2 heterocycles. The highest BCUT2D eigenvalue weighted by molar-refractivity contribution is 7.09. The minimum Gasteiger partial charge on any atom is -0.337 e. The van der Waals surface area contributed by atoms with E-state index in [-0.39, 0.29) is 11.9 Å². The number of nitrogens with zero attached hydrogens (tertiary/aromatic N) is 3. The van der Waals surface area contributed by atoms with Crippen molar-refractivity contribution in [3.63, 3.8) is 0 Å². The van der Waals surface area contributed by atoms with Crippen LogP contribution in [-0.2, 0) is 6.54 Å². The molecule has 1 fully saturated rings. The first kappa shape index (κ1) is 16.0. The van der Waals surface area contributed by atoms with Crippen LogP contribution in [0, 0.1) is 0 Å². The summed E-state index contributed by atoms with van der Waals surface area (Å²) < 4.78 is 2.05. The highest BCUT2D eigenvalue weighted by Crippen LogP contribution is 2.28. The molecule has 6 nitrogen and oxygen atoms in total. The molecule has 0 saturated heterocycles. The summed E-state index contributed by atoms with van der Waals surface area (Å²) in [5.74, 6) is 0.224. The number of thiazole rings is 1. The highest BCUT2D eigenvalue weighted by atomic mass is 32.1. The Hall–Kier alpha value is -1.89. The zero-order valence-corrected chi connectivity index (χ0v) is 14.2. The van der Waals surface area contributed by atoms with Crippen LogP contribution >= 0.6 is 11.3 Å². The topological polar surface area (TPSA) is 71.8 Å². The Morgan fingerprint density at radius 1 is 1.43 bits per heavy atom. The maximum absolute atomic E-state index is 11.9. The van der Waals surface area contributed by atoms with Crippen LogP contribution in [0.1, 0.15) is 55.3 Å². The fourth-order valence-electron chi connectivity index (χ4n) is 2.89. The van der Waals surface area contributed by atoms with E-state index in [1.165, 1.54) is 25.7 Å². The molecule has 0 aromatic carbocycles. The molecule has 1 aliphatic carbocycles. The number of aromatic nitrogens is 3. The number of urea groups is 1. The van der Waals surface area contributed by atoms with Gasteiger partial charge >= 0.3 is 6.03 Å². The molecule has 1 unspecified atom stereocenters. The van der Waals surface area contributed by atoms with Gasteiger partial charge in [0.05, 0.1) is 23.3 Å². The van der Waals surface area contributed by atoms with Crippen LogP contribution in [0.5, 0.6) is 0 Å². The number of rotatable bonds is 6. The van der Waals surface area contributed by atoms with Gasteiger partial charge in [0.25, 0.3) is 0 Å². The second-order valence-corrected chi connectivity index (χ2v) is 6.99. The van der Waals surface area contributed by atoms with Gasteiger partial charge in [0, 0.05) is 30.2 Å². The molecule has 2 aromatic heterocycles. The normalized spacial score (nSPS) is 16.4. The SMILES string of the molecule is CC(CNC(=O)NCc1ccn(C2CCCC2)n1)c1nccs1. The minimum atomic E-state index is -0.163. The van der Waals surface area contributed by atoms with Crippen molar-refractivity contribution in [1.82, 2.24) is 25.4 Å². The van der Waals surface area contributed by atoms with Gasteiger partial charge < -0.3 is 10.6 Å². The van der Waals surface area contributed by atoms with Gasteiger partial charge in [-0.15, -0.1) is 11.3 Å². The van der Waals surface area contributed by atoms with E-state index >= 15 is 0 Å². The molecule has 124 valence electrons. The Kier molecular flexibility index (Phi) is 5.27. The van der Waals surface area contributed by atoms with E-state index in [0.29, 0.717) is 19.1 Å². The zero-order chi connectivity index (χ0) is 16.1. The third-order valence-corrected chi connectivity index (χ3v) is 5.24. The zero-order valence-electron chi connectivity index (χ0n) is 13.4. The summed E-state index contributed by atoms with van der Waals surface area (Å²) >= 11 is 1.61. The molecule has 1 saturated carbocycles. The lowest BCUT2D eigenvalue weighted by atomic mass is 10.2. The van der Waals surface area contributed by atoms with E-state index in [1.807, 2.05) is 22.3 Å². The monoisotopic (exact) mass is 333 g/mol. The molecule has 3 rings (SSSR count). The molecule has 2 aromatic rings. The van der Waals surface area contributed by atoms with Crippen LogP contribution < -0.4 is 10.6 Å². The number of nitrogens with one attached hydrogen (secondary N) is 2. The van der Waals surface area contributed by atoms with E-state index in [4.69, 9.17) is 0 Å². The number of carbonyl (C=O) groups is 1. The molecule has 0 bridgehead atoms. The van der Waals surface area contributed by atoms with Gasteiger partial charge in [-0.05, 0) is 18.9 Å². The van der Waals surface area contributed by atoms with Crippen molar-refractivity contribution in [3.8, 4) is 0 Å². The molecule has 2 amide bonds. The Bertz CT molecular complexity index is 618. The Morgan fingerprint density at radius 3 is 3.00 bits per heavy atom. The lowest BCUT2D eigenvalue weighted by molar-refractivity contribution is 0.240. The van der Waals surface area contributed by atoms with Gasteiger partial charge in [-0.3, -0.25) is 4.68 Å². The van der Waals surface area contributed by atoms with Crippen LogP contribution in [-0.4, -0.2) is 27.3 Å². The second-order valence-electron chi connectivity index (χ2n) is 6.06. The highest BCUT2D eigenvalue weighted by Gasteiger charge is 2.17.